The molecule has 0 unspecified atom stereocenters. The SMILES string of the molecule is CCOC(=O)[C@@](C)(C#N)N(O)c1ccc(Br)cc1. The Labute approximate surface area is 114 Å². The van der Waals surface area contributed by atoms with Crippen molar-refractivity contribution in [3.8, 4) is 6.07 Å². The van der Waals surface area contributed by atoms with Gasteiger partial charge in [0.1, 0.15) is 6.07 Å². The summed E-state index contributed by atoms with van der Waals surface area (Å²) < 4.78 is 5.62. The first-order valence-electron chi connectivity index (χ1n) is 5.29. The van der Waals surface area contributed by atoms with Gasteiger partial charge in [-0.1, -0.05) is 15.9 Å². The second-order valence-electron chi connectivity index (χ2n) is 3.69. The van der Waals surface area contributed by atoms with Gasteiger partial charge in [0.05, 0.1) is 12.3 Å². The Kier molecular flexibility index (Phi) is 4.70. The minimum Gasteiger partial charge on any atom is -0.463 e. The van der Waals surface area contributed by atoms with E-state index in [9.17, 15) is 10.0 Å². The molecule has 0 saturated carbocycles. The maximum absolute atomic E-state index is 11.7. The van der Waals surface area contributed by atoms with Gasteiger partial charge < -0.3 is 4.74 Å². The van der Waals surface area contributed by atoms with Crippen molar-refractivity contribution in [2.24, 2.45) is 0 Å². The van der Waals surface area contributed by atoms with Crippen molar-refractivity contribution < 1.29 is 14.7 Å². The first-order valence-corrected chi connectivity index (χ1v) is 6.08. The van der Waals surface area contributed by atoms with Crippen molar-refractivity contribution in [3.05, 3.63) is 28.7 Å². The maximum Gasteiger partial charge on any atom is 0.349 e. The van der Waals surface area contributed by atoms with E-state index in [0.717, 1.165) is 4.47 Å². The Morgan fingerprint density at radius 3 is 2.56 bits per heavy atom. The summed E-state index contributed by atoms with van der Waals surface area (Å²) in [7, 11) is 0. The molecule has 0 fully saturated rings. The molecule has 0 amide bonds. The molecule has 1 aromatic rings. The zero-order valence-corrected chi connectivity index (χ0v) is 11.6. The van der Waals surface area contributed by atoms with Gasteiger partial charge in [-0.25, -0.2) is 9.86 Å². The molecule has 0 aliphatic heterocycles. The summed E-state index contributed by atoms with van der Waals surface area (Å²) in [5.74, 6) is -0.794. The van der Waals surface area contributed by atoms with E-state index in [-0.39, 0.29) is 6.61 Å². The van der Waals surface area contributed by atoms with E-state index in [1.54, 1.807) is 37.3 Å². The molecule has 0 bridgehead atoms. The van der Waals surface area contributed by atoms with Gasteiger partial charge in [0.15, 0.2) is 0 Å². The molecule has 5 nitrogen and oxygen atoms in total. The van der Waals surface area contributed by atoms with Crippen LogP contribution >= 0.6 is 15.9 Å². The molecular formula is C12H13BrN2O3. The number of carbonyl (C=O) groups excluding carboxylic acids is 1. The van der Waals surface area contributed by atoms with Crippen molar-refractivity contribution >= 4 is 27.6 Å². The number of esters is 1. The van der Waals surface area contributed by atoms with Crippen LogP contribution in [0, 0.1) is 11.3 Å². The van der Waals surface area contributed by atoms with Gasteiger partial charge in [0, 0.05) is 4.47 Å². The topological polar surface area (TPSA) is 73.6 Å². The van der Waals surface area contributed by atoms with Crippen molar-refractivity contribution in [2.75, 3.05) is 11.7 Å². The van der Waals surface area contributed by atoms with Gasteiger partial charge in [-0.3, -0.25) is 5.21 Å². The van der Waals surface area contributed by atoms with Crippen molar-refractivity contribution in [2.45, 2.75) is 19.4 Å². The molecule has 18 heavy (non-hydrogen) atoms. The Balaban J connectivity index is 3.05. The van der Waals surface area contributed by atoms with Gasteiger partial charge >= 0.3 is 5.97 Å². The lowest BCUT2D eigenvalue weighted by molar-refractivity contribution is -0.148. The van der Waals surface area contributed by atoms with Crippen molar-refractivity contribution in [3.63, 3.8) is 0 Å². The second kappa shape index (κ2) is 5.85. The van der Waals surface area contributed by atoms with Crippen LogP contribution < -0.4 is 5.06 Å². The number of benzene rings is 1. The lowest BCUT2D eigenvalue weighted by Crippen LogP contribution is -2.51. The molecule has 1 rings (SSSR count). The second-order valence-corrected chi connectivity index (χ2v) is 4.61. The molecule has 0 aliphatic rings. The number of nitrogens with zero attached hydrogens (tertiary/aromatic N) is 2. The largest absolute Gasteiger partial charge is 0.463 e. The Morgan fingerprint density at radius 1 is 1.56 bits per heavy atom. The molecule has 96 valence electrons. The molecule has 0 spiro atoms. The van der Waals surface area contributed by atoms with Gasteiger partial charge in [0.2, 0.25) is 5.54 Å². The van der Waals surface area contributed by atoms with Crippen molar-refractivity contribution in [1.29, 1.82) is 5.26 Å². The minimum atomic E-state index is -1.77. The summed E-state index contributed by atoms with van der Waals surface area (Å²) in [5.41, 5.74) is -1.44. The molecule has 1 atom stereocenters. The Morgan fingerprint density at radius 2 is 2.11 bits per heavy atom. The van der Waals surface area contributed by atoms with Crippen LogP contribution in [0.25, 0.3) is 0 Å². The molecule has 0 saturated heterocycles. The van der Waals surface area contributed by atoms with Crippen molar-refractivity contribution in [1.82, 2.24) is 0 Å². The summed E-state index contributed by atoms with van der Waals surface area (Å²) in [6.45, 7) is 3.08. The predicted octanol–water partition coefficient (Wildman–Crippen LogP) is 2.49. The molecule has 0 heterocycles. The fraction of sp³-hybridized carbons (Fsp3) is 0.333. The number of hydrogen-bond acceptors (Lipinski definition) is 5. The van der Waals surface area contributed by atoms with Gasteiger partial charge in [-0.15, -0.1) is 0 Å². The standard InChI is InChI=1S/C12H13BrN2O3/c1-3-18-11(16)12(2,8-14)15(17)10-6-4-9(13)5-7-10/h4-7,17H,3H2,1-2H3/t12-/m1/s1. The van der Waals surface area contributed by atoms with Crippen LogP contribution in [0.4, 0.5) is 5.69 Å². The van der Waals surface area contributed by atoms with E-state index in [1.165, 1.54) is 6.92 Å². The number of rotatable bonds is 4. The summed E-state index contributed by atoms with van der Waals surface area (Å²) in [5, 5.41) is 19.7. The van der Waals surface area contributed by atoms with Crippen LogP contribution in [-0.2, 0) is 9.53 Å². The fourth-order valence-electron chi connectivity index (χ4n) is 1.29. The van der Waals surface area contributed by atoms with Crippen LogP contribution in [0.3, 0.4) is 0 Å². The molecule has 0 aromatic heterocycles. The first-order chi connectivity index (χ1) is 8.45. The monoisotopic (exact) mass is 312 g/mol. The average molecular weight is 313 g/mol. The molecule has 0 aliphatic carbocycles. The zero-order chi connectivity index (χ0) is 13.8. The predicted molar refractivity (Wildman–Crippen MR) is 69.1 cm³/mol. The Bertz CT molecular complexity index is 469. The van der Waals surface area contributed by atoms with E-state index >= 15 is 0 Å². The van der Waals surface area contributed by atoms with Crippen LogP contribution in [-0.4, -0.2) is 23.3 Å². The van der Waals surface area contributed by atoms with Gasteiger partial charge in [-0.2, -0.15) is 5.26 Å². The number of anilines is 1. The fourth-order valence-corrected chi connectivity index (χ4v) is 1.56. The summed E-state index contributed by atoms with van der Waals surface area (Å²) in [6.07, 6.45) is 0. The highest BCUT2D eigenvalue weighted by molar-refractivity contribution is 9.10. The van der Waals surface area contributed by atoms with Gasteiger partial charge in [0.25, 0.3) is 0 Å². The van der Waals surface area contributed by atoms with Crippen LogP contribution in [0.1, 0.15) is 13.8 Å². The number of halogens is 1. The van der Waals surface area contributed by atoms with E-state index in [4.69, 9.17) is 10.00 Å². The lowest BCUT2D eigenvalue weighted by atomic mass is 10.0. The lowest BCUT2D eigenvalue weighted by Gasteiger charge is -2.29. The third-order valence-corrected chi connectivity index (χ3v) is 2.91. The normalized spacial score (nSPS) is 13.3. The quantitative estimate of drug-likeness (QED) is 0.683. The molecular weight excluding hydrogens is 300 g/mol. The zero-order valence-electron chi connectivity index (χ0n) is 10.1. The maximum atomic E-state index is 11.7. The third-order valence-electron chi connectivity index (χ3n) is 2.39. The number of hydrogen-bond donors (Lipinski definition) is 1. The average Bonchev–Trinajstić information content (AvgIpc) is 2.38. The van der Waals surface area contributed by atoms with E-state index in [2.05, 4.69) is 15.9 Å². The summed E-state index contributed by atoms with van der Waals surface area (Å²) >= 11 is 3.26. The molecule has 0 radical (unpaired) electrons. The molecule has 1 aromatic carbocycles. The molecule has 1 N–H and O–H groups in total. The van der Waals surface area contributed by atoms with E-state index in [0.29, 0.717) is 10.8 Å². The highest BCUT2D eigenvalue weighted by atomic mass is 79.9. The van der Waals surface area contributed by atoms with Crippen LogP contribution in [0.15, 0.2) is 28.7 Å². The first kappa shape index (κ1) is 14.5. The summed E-state index contributed by atoms with van der Waals surface area (Å²) in [4.78, 5) is 11.7. The van der Waals surface area contributed by atoms with Gasteiger partial charge in [-0.05, 0) is 38.1 Å². The smallest absolute Gasteiger partial charge is 0.349 e. The highest BCUT2D eigenvalue weighted by Gasteiger charge is 2.41. The third kappa shape index (κ3) is 2.81. The highest BCUT2D eigenvalue weighted by Crippen LogP contribution is 2.24. The molecule has 6 heteroatoms. The Hall–Kier alpha value is -1.58. The number of carbonyl (C=O) groups is 1. The van der Waals surface area contributed by atoms with E-state index in [1.807, 2.05) is 0 Å². The summed E-state index contributed by atoms with van der Waals surface area (Å²) in [6, 6.07) is 8.32. The number of hydroxylamine groups is 1. The number of nitriles is 1. The van der Waals surface area contributed by atoms with Crippen LogP contribution in [0.2, 0.25) is 0 Å². The van der Waals surface area contributed by atoms with Crippen LogP contribution in [0.5, 0.6) is 0 Å². The minimum absolute atomic E-state index is 0.143. The number of ether oxygens (including phenoxy) is 1. The van der Waals surface area contributed by atoms with E-state index < -0.39 is 11.5 Å².